The lowest BCUT2D eigenvalue weighted by molar-refractivity contribution is -0.107. The van der Waals surface area contributed by atoms with Gasteiger partial charge in [-0.3, -0.25) is 0 Å². The second-order valence-corrected chi connectivity index (χ2v) is 1.91. The van der Waals surface area contributed by atoms with Gasteiger partial charge in [-0.25, -0.2) is 0 Å². The maximum Gasteiger partial charge on any atom is 0.124 e. The molecule has 0 aliphatic heterocycles. The molecule has 1 nitrogen and oxygen atoms in total. The van der Waals surface area contributed by atoms with Gasteiger partial charge in [0.25, 0.3) is 0 Å². The molecule has 0 saturated heterocycles. The Bertz CT molecular complexity index is 132. The van der Waals surface area contributed by atoms with Crippen LogP contribution in [0.25, 0.3) is 0 Å². The molecule has 0 N–H and O–H groups in total. The molecule has 0 unspecified atom stereocenters. The Morgan fingerprint density at radius 1 is 1.56 bits per heavy atom. The Balaban J connectivity index is 3.68. The Morgan fingerprint density at radius 2 is 2.22 bits per heavy atom. The van der Waals surface area contributed by atoms with Gasteiger partial charge in [0.15, 0.2) is 0 Å². The zero-order chi connectivity index (χ0) is 7.11. The van der Waals surface area contributed by atoms with Crippen LogP contribution in [0.3, 0.4) is 0 Å². The van der Waals surface area contributed by atoms with Crippen LogP contribution in [0, 0.1) is 0 Å². The standard InChI is InChI=1S/C8H12O/c1-3-4-5-8(2)6-7-9/h3-5,7H,6H2,1-2H3/b4-3-,8-5+. The second kappa shape index (κ2) is 5.29. The number of hydrogen-bond donors (Lipinski definition) is 0. The van der Waals surface area contributed by atoms with Crippen LogP contribution < -0.4 is 0 Å². The van der Waals surface area contributed by atoms with Gasteiger partial charge in [-0.15, -0.1) is 0 Å². The van der Waals surface area contributed by atoms with Gasteiger partial charge in [-0.2, -0.15) is 0 Å². The second-order valence-electron chi connectivity index (χ2n) is 1.91. The summed E-state index contributed by atoms with van der Waals surface area (Å²) < 4.78 is 0. The van der Waals surface area contributed by atoms with E-state index in [9.17, 15) is 4.79 Å². The van der Waals surface area contributed by atoms with E-state index >= 15 is 0 Å². The van der Waals surface area contributed by atoms with E-state index < -0.39 is 0 Å². The lowest BCUT2D eigenvalue weighted by Gasteiger charge is -1.86. The zero-order valence-corrected chi connectivity index (χ0v) is 5.92. The number of hydrogen-bond acceptors (Lipinski definition) is 1. The molecule has 0 rings (SSSR count). The van der Waals surface area contributed by atoms with Crippen molar-refractivity contribution in [2.45, 2.75) is 20.3 Å². The van der Waals surface area contributed by atoms with Gasteiger partial charge in [0, 0.05) is 6.42 Å². The molecule has 0 saturated carbocycles. The summed E-state index contributed by atoms with van der Waals surface area (Å²) in [6.45, 7) is 3.89. The van der Waals surface area contributed by atoms with E-state index in [1.165, 1.54) is 0 Å². The van der Waals surface area contributed by atoms with Crippen molar-refractivity contribution < 1.29 is 4.79 Å². The molecule has 0 aromatic rings. The molecule has 0 heterocycles. The lowest BCUT2D eigenvalue weighted by Crippen LogP contribution is -1.75. The van der Waals surface area contributed by atoms with Crippen molar-refractivity contribution >= 4 is 6.29 Å². The molecule has 0 aliphatic rings. The minimum Gasteiger partial charge on any atom is -0.303 e. The highest BCUT2D eigenvalue weighted by atomic mass is 16.1. The van der Waals surface area contributed by atoms with Gasteiger partial charge < -0.3 is 4.79 Å². The molecule has 0 bridgehead atoms. The molecule has 0 aliphatic carbocycles. The fourth-order valence-corrected chi connectivity index (χ4v) is 0.460. The number of carbonyl (C=O) groups excluding carboxylic acids is 1. The van der Waals surface area contributed by atoms with E-state index in [1.54, 1.807) is 0 Å². The quantitative estimate of drug-likeness (QED) is 0.416. The van der Waals surface area contributed by atoms with Crippen molar-refractivity contribution in [3.63, 3.8) is 0 Å². The predicted molar refractivity (Wildman–Crippen MR) is 39.3 cm³/mol. The van der Waals surface area contributed by atoms with E-state index in [1.807, 2.05) is 32.1 Å². The molecule has 1 heteroatoms. The minimum absolute atomic E-state index is 0.546. The Morgan fingerprint density at radius 3 is 2.67 bits per heavy atom. The highest BCUT2D eigenvalue weighted by molar-refractivity contribution is 5.54. The molecule has 50 valence electrons. The fraction of sp³-hybridized carbons (Fsp3) is 0.375. The van der Waals surface area contributed by atoms with Gasteiger partial charge in [0.1, 0.15) is 6.29 Å². The smallest absolute Gasteiger partial charge is 0.124 e. The predicted octanol–water partition coefficient (Wildman–Crippen LogP) is 2.10. The first kappa shape index (κ1) is 8.15. The lowest BCUT2D eigenvalue weighted by atomic mass is 10.2. The third-order valence-electron chi connectivity index (χ3n) is 0.979. The van der Waals surface area contributed by atoms with Crippen molar-refractivity contribution in [3.8, 4) is 0 Å². The van der Waals surface area contributed by atoms with E-state index in [-0.39, 0.29) is 0 Å². The molecule has 0 aromatic carbocycles. The minimum atomic E-state index is 0.546. The van der Waals surface area contributed by atoms with Crippen LogP contribution in [-0.4, -0.2) is 6.29 Å². The maximum atomic E-state index is 9.91. The third-order valence-corrected chi connectivity index (χ3v) is 0.979. The average molecular weight is 124 g/mol. The summed E-state index contributed by atoms with van der Waals surface area (Å²) in [5, 5.41) is 0. The average Bonchev–Trinajstić information content (AvgIpc) is 1.85. The van der Waals surface area contributed by atoms with Crippen molar-refractivity contribution in [2.75, 3.05) is 0 Å². The van der Waals surface area contributed by atoms with Crippen LogP contribution in [0.2, 0.25) is 0 Å². The van der Waals surface area contributed by atoms with E-state index in [0.717, 1.165) is 11.9 Å². The molecule has 9 heavy (non-hydrogen) atoms. The van der Waals surface area contributed by atoms with E-state index in [0.29, 0.717) is 6.42 Å². The van der Waals surface area contributed by atoms with Crippen LogP contribution in [-0.2, 0) is 4.79 Å². The van der Waals surface area contributed by atoms with Crippen LogP contribution in [0.4, 0.5) is 0 Å². The molecular weight excluding hydrogens is 112 g/mol. The van der Waals surface area contributed by atoms with Gasteiger partial charge in [-0.05, 0) is 13.8 Å². The van der Waals surface area contributed by atoms with Crippen LogP contribution in [0.15, 0.2) is 23.8 Å². The first-order valence-electron chi connectivity index (χ1n) is 3.03. The first-order valence-corrected chi connectivity index (χ1v) is 3.03. The topological polar surface area (TPSA) is 17.1 Å². The normalized spacial score (nSPS) is 12.4. The summed E-state index contributed by atoms with van der Waals surface area (Å²) in [6.07, 6.45) is 7.27. The summed E-state index contributed by atoms with van der Waals surface area (Å²) in [5.74, 6) is 0. The Labute approximate surface area is 56.1 Å². The van der Waals surface area contributed by atoms with Crippen molar-refractivity contribution in [1.29, 1.82) is 0 Å². The summed E-state index contributed by atoms with van der Waals surface area (Å²) in [6, 6.07) is 0. The molecule has 0 fully saturated rings. The number of rotatable bonds is 3. The number of carbonyl (C=O) groups is 1. The summed E-state index contributed by atoms with van der Waals surface area (Å²) in [4.78, 5) is 9.91. The summed E-state index contributed by atoms with van der Waals surface area (Å²) >= 11 is 0. The Hall–Kier alpha value is -0.850. The highest BCUT2D eigenvalue weighted by Crippen LogP contribution is 1.95. The van der Waals surface area contributed by atoms with E-state index in [2.05, 4.69) is 0 Å². The van der Waals surface area contributed by atoms with Crippen LogP contribution in [0.1, 0.15) is 20.3 Å². The van der Waals surface area contributed by atoms with Gasteiger partial charge in [0.05, 0.1) is 0 Å². The summed E-state index contributed by atoms with van der Waals surface area (Å²) in [7, 11) is 0. The Kier molecular flexibility index (Phi) is 4.79. The van der Waals surface area contributed by atoms with Gasteiger partial charge in [-0.1, -0.05) is 23.8 Å². The van der Waals surface area contributed by atoms with Crippen molar-refractivity contribution in [3.05, 3.63) is 23.8 Å². The van der Waals surface area contributed by atoms with Crippen LogP contribution >= 0.6 is 0 Å². The molecule has 0 amide bonds. The SMILES string of the molecule is C/C=C\C=C(/C)CC=O. The molecule has 0 atom stereocenters. The van der Waals surface area contributed by atoms with Crippen molar-refractivity contribution in [2.24, 2.45) is 0 Å². The first-order chi connectivity index (χ1) is 4.31. The zero-order valence-electron chi connectivity index (χ0n) is 5.92. The molecule has 0 aromatic heterocycles. The van der Waals surface area contributed by atoms with Crippen LogP contribution in [0.5, 0.6) is 0 Å². The van der Waals surface area contributed by atoms with Crippen molar-refractivity contribution in [1.82, 2.24) is 0 Å². The maximum absolute atomic E-state index is 9.91. The van der Waals surface area contributed by atoms with Gasteiger partial charge >= 0.3 is 0 Å². The van der Waals surface area contributed by atoms with E-state index in [4.69, 9.17) is 0 Å². The number of allylic oxidation sites excluding steroid dienone is 4. The highest BCUT2D eigenvalue weighted by Gasteiger charge is 1.81. The van der Waals surface area contributed by atoms with Gasteiger partial charge in [0.2, 0.25) is 0 Å². The third kappa shape index (κ3) is 5.01. The number of aldehydes is 1. The summed E-state index contributed by atoms with van der Waals surface area (Å²) in [5.41, 5.74) is 1.10. The molecule has 0 radical (unpaired) electrons. The fourth-order valence-electron chi connectivity index (χ4n) is 0.460. The molecule has 0 spiro atoms. The largest absolute Gasteiger partial charge is 0.303 e. The monoisotopic (exact) mass is 124 g/mol. The molecular formula is C8H12O.